The van der Waals surface area contributed by atoms with Crippen LogP contribution in [-0.4, -0.2) is 77.6 Å². The summed E-state index contributed by atoms with van der Waals surface area (Å²) in [5, 5.41) is 5.00. The fourth-order valence-electron chi connectivity index (χ4n) is 3.40. The maximum Gasteiger partial charge on any atom is 0.309 e. The molecular weight excluding hydrogens is 396 g/mol. The van der Waals surface area contributed by atoms with Crippen molar-refractivity contribution in [2.75, 3.05) is 46.9 Å². The Morgan fingerprint density at radius 3 is 2.31 bits per heavy atom. The standard InChI is InChI=1S/C19H30N4O5S/c1-13-10-14(2)17(15(3)11-13)29(26,27)23-8-9-28-16(23)12-21-19(25)18(24)20-6-7-22(4)5/h10-11,16H,6-9,12H2,1-5H3,(H,20,24)(H,21,25)/p+1/t16-/m1/s1. The molecule has 29 heavy (non-hydrogen) atoms. The van der Waals surface area contributed by atoms with Crippen molar-refractivity contribution in [1.29, 1.82) is 0 Å². The number of sulfonamides is 1. The fourth-order valence-corrected chi connectivity index (χ4v) is 5.33. The maximum atomic E-state index is 13.2. The summed E-state index contributed by atoms with van der Waals surface area (Å²) < 4.78 is 33.2. The molecule has 1 aliphatic rings. The number of hydrogen-bond acceptors (Lipinski definition) is 5. The van der Waals surface area contributed by atoms with Crippen LogP contribution in [0.3, 0.4) is 0 Å². The predicted octanol–water partition coefficient (Wildman–Crippen LogP) is -1.66. The van der Waals surface area contributed by atoms with Crippen LogP contribution in [-0.2, 0) is 24.3 Å². The van der Waals surface area contributed by atoms with Gasteiger partial charge in [0, 0.05) is 6.54 Å². The number of nitrogens with zero attached hydrogens (tertiary/aromatic N) is 1. The van der Waals surface area contributed by atoms with E-state index in [0.29, 0.717) is 24.2 Å². The Balaban J connectivity index is 2.05. The first-order valence-corrected chi connectivity index (χ1v) is 11.0. The lowest BCUT2D eigenvalue weighted by atomic mass is 10.1. The third kappa shape index (κ3) is 5.75. The van der Waals surface area contributed by atoms with Crippen LogP contribution in [0.2, 0.25) is 0 Å². The Hall–Kier alpha value is -2.01. The quantitative estimate of drug-likeness (QED) is 0.451. The van der Waals surface area contributed by atoms with E-state index in [2.05, 4.69) is 10.6 Å². The Bertz CT molecular complexity index is 846. The van der Waals surface area contributed by atoms with Crippen LogP contribution in [0.1, 0.15) is 16.7 Å². The largest absolute Gasteiger partial charge is 0.359 e. The summed E-state index contributed by atoms with van der Waals surface area (Å²) in [6.45, 7) is 6.82. The highest BCUT2D eigenvalue weighted by Gasteiger charge is 2.38. The van der Waals surface area contributed by atoms with Crippen molar-refractivity contribution in [3.63, 3.8) is 0 Å². The van der Waals surface area contributed by atoms with Gasteiger partial charge in [0.2, 0.25) is 10.0 Å². The average Bonchev–Trinajstić information content (AvgIpc) is 3.07. The Morgan fingerprint density at radius 2 is 1.72 bits per heavy atom. The Morgan fingerprint density at radius 1 is 1.14 bits per heavy atom. The van der Waals surface area contributed by atoms with Crippen molar-refractivity contribution in [3.05, 3.63) is 28.8 Å². The van der Waals surface area contributed by atoms with Crippen molar-refractivity contribution in [1.82, 2.24) is 14.9 Å². The number of rotatable bonds is 7. The van der Waals surface area contributed by atoms with Crippen molar-refractivity contribution in [2.45, 2.75) is 31.9 Å². The van der Waals surface area contributed by atoms with Gasteiger partial charge >= 0.3 is 11.8 Å². The van der Waals surface area contributed by atoms with Crippen molar-refractivity contribution < 1.29 is 27.6 Å². The van der Waals surface area contributed by atoms with E-state index in [1.807, 2.05) is 33.2 Å². The lowest BCUT2D eigenvalue weighted by Gasteiger charge is -2.24. The van der Waals surface area contributed by atoms with Crippen molar-refractivity contribution in [3.8, 4) is 0 Å². The lowest BCUT2D eigenvalue weighted by molar-refractivity contribution is -0.856. The van der Waals surface area contributed by atoms with Crippen LogP contribution in [0.15, 0.2) is 17.0 Å². The molecule has 1 aromatic rings. The van der Waals surface area contributed by atoms with Gasteiger partial charge in [0.1, 0.15) is 6.23 Å². The zero-order chi connectivity index (χ0) is 21.8. The van der Waals surface area contributed by atoms with Gasteiger partial charge in [0.15, 0.2) is 0 Å². The van der Waals surface area contributed by atoms with E-state index >= 15 is 0 Å². The Kier molecular flexibility index (Phi) is 7.75. The molecule has 162 valence electrons. The highest BCUT2D eigenvalue weighted by atomic mass is 32.2. The number of ether oxygens (including phenoxy) is 1. The smallest absolute Gasteiger partial charge is 0.309 e. The molecular formula is C19H31N4O5S+. The third-order valence-corrected chi connectivity index (χ3v) is 6.86. The highest BCUT2D eigenvalue weighted by molar-refractivity contribution is 7.89. The molecule has 3 N–H and O–H groups in total. The summed E-state index contributed by atoms with van der Waals surface area (Å²) in [6.07, 6.45) is -0.858. The molecule has 1 fully saturated rings. The zero-order valence-corrected chi connectivity index (χ0v) is 18.5. The van der Waals surface area contributed by atoms with E-state index in [0.717, 1.165) is 10.5 Å². The molecule has 0 saturated carbocycles. The summed E-state index contributed by atoms with van der Waals surface area (Å²) in [5.41, 5.74) is 2.32. The first-order chi connectivity index (χ1) is 13.5. The van der Waals surface area contributed by atoms with E-state index in [9.17, 15) is 18.0 Å². The van der Waals surface area contributed by atoms with Crippen molar-refractivity contribution >= 4 is 21.8 Å². The number of carbonyl (C=O) groups is 2. The molecule has 10 heteroatoms. The number of amides is 2. The molecule has 0 bridgehead atoms. The van der Waals surface area contributed by atoms with Crippen LogP contribution in [0, 0.1) is 20.8 Å². The SMILES string of the molecule is Cc1cc(C)c(S(=O)(=O)N2CCO[C@@H]2CNC(=O)C(=O)NCC[NH+](C)C)c(C)c1. The van der Waals surface area contributed by atoms with Gasteiger partial charge in [0.25, 0.3) is 0 Å². The molecule has 1 heterocycles. The molecule has 0 spiro atoms. The number of likely N-dealkylation sites (N-methyl/N-ethyl adjacent to an activating group) is 1. The minimum Gasteiger partial charge on any atom is -0.359 e. The normalized spacial score (nSPS) is 17.5. The summed E-state index contributed by atoms with van der Waals surface area (Å²) in [4.78, 5) is 25.2. The molecule has 1 aromatic carbocycles. The van der Waals surface area contributed by atoms with Crippen LogP contribution in [0.4, 0.5) is 0 Å². The average molecular weight is 428 g/mol. The predicted molar refractivity (Wildman–Crippen MR) is 108 cm³/mol. The number of carbonyl (C=O) groups excluding carboxylic acids is 2. The zero-order valence-electron chi connectivity index (χ0n) is 17.7. The van der Waals surface area contributed by atoms with Crippen LogP contribution in [0.5, 0.6) is 0 Å². The first kappa shape index (κ1) is 23.3. The molecule has 1 saturated heterocycles. The van der Waals surface area contributed by atoms with Crippen molar-refractivity contribution in [2.24, 2.45) is 0 Å². The number of benzene rings is 1. The fraction of sp³-hybridized carbons (Fsp3) is 0.579. The second-order valence-corrected chi connectivity index (χ2v) is 9.42. The van der Waals surface area contributed by atoms with E-state index < -0.39 is 28.1 Å². The van der Waals surface area contributed by atoms with E-state index in [1.54, 1.807) is 13.8 Å². The third-order valence-electron chi connectivity index (χ3n) is 4.67. The number of aryl methyl sites for hydroxylation is 3. The second kappa shape index (κ2) is 9.66. The van der Waals surface area contributed by atoms with Crippen LogP contribution < -0.4 is 15.5 Å². The number of quaternary nitrogens is 1. The summed E-state index contributed by atoms with van der Waals surface area (Å²) >= 11 is 0. The molecule has 1 aliphatic heterocycles. The minimum absolute atomic E-state index is 0.103. The molecule has 0 aliphatic carbocycles. The second-order valence-electron chi connectivity index (χ2n) is 7.59. The van der Waals surface area contributed by atoms with E-state index in [4.69, 9.17) is 4.74 Å². The van der Waals surface area contributed by atoms with Gasteiger partial charge in [0.05, 0.1) is 45.2 Å². The van der Waals surface area contributed by atoms with Gasteiger partial charge in [-0.1, -0.05) is 17.7 Å². The van der Waals surface area contributed by atoms with Gasteiger partial charge in [-0.05, 0) is 31.9 Å². The number of nitrogens with one attached hydrogen (secondary N) is 3. The molecule has 2 rings (SSSR count). The van der Waals surface area contributed by atoms with E-state index in [1.165, 1.54) is 4.31 Å². The highest BCUT2D eigenvalue weighted by Crippen LogP contribution is 2.28. The molecule has 2 amide bonds. The summed E-state index contributed by atoms with van der Waals surface area (Å²) in [6, 6.07) is 3.65. The Labute approximate surface area is 172 Å². The number of hydrogen-bond donors (Lipinski definition) is 3. The monoisotopic (exact) mass is 427 g/mol. The maximum absolute atomic E-state index is 13.2. The van der Waals surface area contributed by atoms with Gasteiger partial charge in [-0.15, -0.1) is 0 Å². The van der Waals surface area contributed by atoms with Gasteiger partial charge in [-0.2, -0.15) is 4.31 Å². The molecule has 1 atom stereocenters. The molecule has 9 nitrogen and oxygen atoms in total. The molecule has 0 radical (unpaired) electrons. The van der Waals surface area contributed by atoms with Gasteiger partial charge in [-0.3, -0.25) is 9.59 Å². The van der Waals surface area contributed by atoms with Gasteiger partial charge < -0.3 is 20.3 Å². The topological polar surface area (TPSA) is 109 Å². The van der Waals surface area contributed by atoms with E-state index in [-0.39, 0.29) is 24.6 Å². The minimum atomic E-state index is -3.80. The summed E-state index contributed by atoms with van der Waals surface area (Å²) in [7, 11) is 0.0772. The summed E-state index contributed by atoms with van der Waals surface area (Å²) in [5.74, 6) is -1.56. The van der Waals surface area contributed by atoms with Crippen LogP contribution in [0.25, 0.3) is 0 Å². The lowest BCUT2D eigenvalue weighted by Crippen LogP contribution is -3.06. The molecule has 0 aromatic heterocycles. The van der Waals surface area contributed by atoms with Crippen LogP contribution >= 0.6 is 0 Å². The molecule has 0 unspecified atom stereocenters. The van der Waals surface area contributed by atoms with Gasteiger partial charge in [-0.25, -0.2) is 8.42 Å². The first-order valence-electron chi connectivity index (χ1n) is 9.60.